The number of fused-ring (bicyclic) bond motifs is 3. The number of hydrogen-bond donors (Lipinski definition) is 0. The Hall–Kier alpha value is -5.64. The molecule has 1 aliphatic carbocycles. The summed E-state index contributed by atoms with van der Waals surface area (Å²) in [6.45, 7) is 0. The van der Waals surface area contributed by atoms with Crippen LogP contribution in [0.3, 0.4) is 0 Å². The van der Waals surface area contributed by atoms with Gasteiger partial charge in [0.2, 0.25) is 0 Å². The molecule has 0 N–H and O–H groups in total. The third-order valence-electron chi connectivity index (χ3n) is 4.95. The summed E-state index contributed by atoms with van der Waals surface area (Å²) >= 11 is 0. The number of rotatable bonds is 1. The smallest absolute Gasteiger partial charge is 0.144 e. The molecular weight excluding hydrogens is 376 g/mol. The fourth-order valence-electron chi connectivity index (χ4n) is 3.78. The summed E-state index contributed by atoms with van der Waals surface area (Å²) in [5.41, 5.74) is -0.0781. The van der Waals surface area contributed by atoms with Crippen molar-refractivity contribution in [1.29, 1.82) is 42.1 Å². The standard InChI is InChI=1S/C22H4N8/c23-3-11-1-14-15-2-12(4-24)17(8-28)19(10-30)22(15)20(13(5-25)6-26)21(14)18(9-29)16(11)7-27/h1-2,13,20H. The third kappa shape index (κ3) is 2.32. The molecule has 8 heteroatoms. The molecule has 0 saturated heterocycles. The van der Waals surface area contributed by atoms with Gasteiger partial charge < -0.3 is 0 Å². The molecular formula is C22H4N8. The third-order valence-corrected chi connectivity index (χ3v) is 4.95. The van der Waals surface area contributed by atoms with Crippen molar-refractivity contribution in [2.75, 3.05) is 0 Å². The van der Waals surface area contributed by atoms with Gasteiger partial charge >= 0.3 is 0 Å². The van der Waals surface area contributed by atoms with Gasteiger partial charge in [0.05, 0.1) is 45.5 Å². The van der Waals surface area contributed by atoms with Gasteiger partial charge in [-0.05, 0) is 34.4 Å². The van der Waals surface area contributed by atoms with Crippen LogP contribution in [-0.4, -0.2) is 0 Å². The highest BCUT2D eigenvalue weighted by atomic mass is 14.5. The van der Waals surface area contributed by atoms with Gasteiger partial charge in [-0.3, -0.25) is 0 Å². The minimum absolute atomic E-state index is 0.0914. The Balaban J connectivity index is 2.67. The van der Waals surface area contributed by atoms with Gasteiger partial charge in [-0.1, -0.05) is 0 Å². The summed E-state index contributed by atoms with van der Waals surface area (Å²) in [5.74, 6) is -2.45. The van der Waals surface area contributed by atoms with E-state index in [4.69, 9.17) is 0 Å². The zero-order valence-electron chi connectivity index (χ0n) is 14.9. The first-order valence-electron chi connectivity index (χ1n) is 8.18. The molecule has 0 aliphatic heterocycles. The maximum absolute atomic E-state index is 9.74. The van der Waals surface area contributed by atoms with Crippen LogP contribution in [0.25, 0.3) is 11.1 Å². The topological polar surface area (TPSA) is 190 Å². The van der Waals surface area contributed by atoms with Crippen LogP contribution in [-0.2, 0) is 0 Å². The Morgan fingerprint density at radius 3 is 1.17 bits per heavy atom. The quantitative estimate of drug-likeness (QED) is 0.720. The van der Waals surface area contributed by atoms with Crippen LogP contribution in [0.2, 0.25) is 0 Å². The van der Waals surface area contributed by atoms with Gasteiger partial charge in [0.15, 0.2) is 0 Å². The fraction of sp³-hybridized carbons (Fsp3) is 0.0909. The lowest BCUT2D eigenvalue weighted by Gasteiger charge is -2.17. The molecule has 132 valence electrons. The number of benzene rings is 2. The first kappa shape index (κ1) is 19.1. The van der Waals surface area contributed by atoms with E-state index in [1.165, 1.54) is 12.1 Å². The lowest BCUT2D eigenvalue weighted by Crippen LogP contribution is -2.13. The highest BCUT2D eigenvalue weighted by Gasteiger charge is 2.41. The first-order chi connectivity index (χ1) is 14.6. The average molecular weight is 380 g/mol. The van der Waals surface area contributed by atoms with E-state index in [0.717, 1.165) is 0 Å². The molecule has 0 aromatic heterocycles. The summed E-state index contributed by atoms with van der Waals surface area (Å²) in [7, 11) is 0. The molecule has 0 spiro atoms. The zero-order chi connectivity index (χ0) is 22.0. The van der Waals surface area contributed by atoms with Gasteiger partial charge in [-0.15, -0.1) is 0 Å². The van der Waals surface area contributed by atoms with Gasteiger partial charge in [0.1, 0.15) is 42.3 Å². The van der Waals surface area contributed by atoms with Crippen LogP contribution in [0, 0.1) is 96.6 Å². The SMILES string of the molecule is N#Cc1cc2c(c(C#N)c1C#N)C(C(C#N)C#N)c1c-2cc(C#N)c(C#N)c1C#N. The molecule has 30 heavy (non-hydrogen) atoms. The van der Waals surface area contributed by atoms with E-state index in [-0.39, 0.29) is 55.6 Å². The van der Waals surface area contributed by atoms with Gasteiger partial charge in [0.25, 0.3) is 0 Å². The molecule has 0 atom stereocenters. The van der Waals surface area contributed by atoms with Crippen LogP contribution in [0.15, 0.2) is 12.1 Å². The van der Waals surface area contributed by atoms with Crippen LogP contribution >= 0.6 is 0 Å². The van der Waals surface area contributed by atoms with Crippen LogP contribution < -0.4 is 0 Å². The first-order valence-corrected chi connectivity index (χ1v) is 8.18. The largest absolute Gasteiger partial charge is 0.197 e. The lowest BCUT2D eigenvalue weighted by molar-refractivity contribution is 0.721. The maximum Gasteiger partial charge on any atom is 0.144 e. The van der Waals surface area contributed by atoms with E-state index in [0.29, 0.717) is 0 Å². The molecule has 1 aliphatic rings. The van der Waals surface area contributed by atoms with Crippen molar-refractivity contribution in [3.63, 3.8) is 0 Å². The van der Waals surface area contributed by atoms with Crippen LogP contribution in [0.4, 0.5) is 0 Å². The highest BCUT2D eigenvalue weighted by molar-refractivity contribution is 5.88. The molecule has 3 rings (SSSR count). The van der Waals surface area contributed by atoms with E-state index < -0.39 is 11.8 Å². The molecule has 0 bridgehead atoms. The second kappa shape index (κ2) is 7.17. The molecule has 2 aromatic rings. The summed E-state index contributed by atoms with van der Waals surface area (Å²) in [4.78, 5) is 0. The summed E-state index contributed by atoms with van der Waals surface area (Å²) in [6, 6.07) is 17.4. The van der Waals surface area contributed by atoms with Crippen molar-refractivity contribution in [2.45, 2.75) is 5.92 Å². The van der Waals surface area contributed by atoms with Crippen molar-refractivity contribution in [3.05, 3.63) is 56.6 Å². The van der Waals surface area contributed by atoms with E-state index in [1.807, 2.05) is 48.6 Å². The average Bonchev–Trinajstić information content (AvgIpc) is 3.10. The van der Waals surface area contributed by atoms with Gasteiger partial charge in [0, 0.05) is 5.92 Å². The minimum Gasteiger partial charge on any atom is -0.197 e. The number of nitrogens with zero attached hydrogens (tertiary/aromatic N) is 8. The number of nitriles is 8. The maximum atomic E-state index is 9.74. The van der Waals surface area contributed by atoms with Gasteiger partial charge in [-0.2, -0.15) is 42.1 Å². The molecule has 0 radical (unpaired) electrons. The van der Waals surface area contributed by atoms with Crippen molar-refractivity contribution < 1.29 is 0 Å². The predicted molar refractivity (Wildman–Crippen MR) is 96.7 cm³/mol. The summed E-state index contributed by atoms with van der Waals surface area (Å²) < 4.78 is 0. The molecule has 0 fully saturated rings. The van der Waals surface area contributed by atoms with Crippen molar-refractivity contribution in [2.24, 2.45) is 5.92 Å². The lowest BCUT2D eigenvalue weighted by atomic mass is 9.80. The monoisotopic (exact) mass is 380 g/mol. The van der Waals surface area contributed by atoms with Crippen molar-refractivity contribution in [1.82, 2.24) is 0 Å². The molecule has 2 aromatic carbocycles. The van der Waals surface area contributed by atoms with E-state index in [2.05, 4.69) is 0 Å². The Bertz CT molecular complexity index is 1380. The van der Waals surface area contributed by atoms with E-state index in [9.17, 15) is 42.1 Å². The Morgan fingerprint density at radius 2 is 0.900 bits per heavy atom. The second-order valence-electron chi connectivity index (χ2n) is 6.16. The Labute approximate surface area is 170 Å². The van der Waals surface area contributed by atoms with E-state index in [1.54, 1.807) is 0 Å². The van der Waals surface area contributed by atoms with E-state index >= 15 is 0 Å². The molecule has 0 amide bonds. The molecule has 0 saturated carbocycles. The minimum atomic E-state index is -1.34. The Morgan fingerprint density at radius 1 is 0.533 bits per heavy atom. The molecule has 0 heterocycles. The van der Waals surface area contributed by atoms with Crippen molar-refractivity contribution in [3.8, 4) is 59.7 Å². The fourth-order valence-corrected chi connectivity index (χ4v) is 3.78. The summed E-state index contributed by atoms with van der Waals surface area (Å²) in [5, 5.41) is 76.4. The summed E-state index contributed by atoms with van der Waals surface area (Å²) in [6.07, 6.45) is 0. The van der Waals surface area contributed by atoms with Gasteiger partial charge in [-0.25, -0.2) is 0 Å². The van der Waals surface area contributed by atoms with Crippen LogP contribution in [0.1, 0.15) is 50.4 Å². The molecule has 0 unspecified atom stereocenters. The van der Waals surface area contributed by atoms with Crippen molar-refractivity contribution >= 4 is 0 Å². The zero-order valence-corrected chi connectivity index (χ0v) is 14.9. The highest BCUT2D eigenvalue weighted by Crippen LogP contribution is 2.52. The van der Waals surface area contributed by atoms with Crippen LogP contribution in [0.5, 0.6) is 0 Å². The number of hydrogen-bond acceptors (Lipinski definition) is 8. The molecule has 8 nitrogen and oxygen atoms in total. The second-order valence-corrected chi connectivity index (χ2v) is 6.16. The Kier molecular flexibility index (Phi) is 4.57. The predicted octanol–water partition coefficient (Wildman–Crippen LogP) is 2.69. The normalized spacial score (nSPS) is 10.6.